The number of hydrogen-bond acceptors (Lipinski definition) is 2. The first-order chi connectivity index (χ1) is 6.88. The molecule has 0 aliphatic heterocycles. The number of benzene rings is 1. The summed E-state index contributed by atoms with van der Waals surface area (Å²) in [6.45, 7) is 0.770. The summed E-state index contributed by atoms with van der Waals surface area (Å²) in [5.74, 6) is 0. The molecule has 0 radical (unpaired) electrons. The molecule has 1 aromatic rings. The van der Waals surface area contributed by atoms with Gasteiger partial charge in [0.15, 0.2) is 0 Å². The van der Waals surface area contributed by atoms with Crippen LogP contribution in [-0.2, 0) is 11.3 Å². The molecule has 1 aliphatic carbocycles. The molecule has 0 amide bonds. The van der Waals surface area contributed by atoms with Crippen molar-refractivity contribution in [2.24, 2.45) is 0 Å². The predicted molar refractivity (Wildman–Crippen MR) is 61.6 cm³/mol. The summed E-state index contributed by atoms with van der Waals surface area (Å²) >= 11 is 1.96. The van der Waals surface area contributed by atoms with Crippen LogP contribution in [0.5, 0.6) is 0 Å². The SMILES string of the molecule is CS[C@H]1C[C@@H](OCc2ccccc2)C1. The van der Waals surface area contributed by atoms with E-state index in [2.05, 4.69) is 30.5 Å². The Morgan fingerprint density at radius 3 is 2.64 bits per heavy atom. The van der Waals surface area contributed by atoms with Crippen LogP contribution in [-0.4, -0.2) is 17.6 Å². The lowest BCUT2D eigenvalue weighted by molar-refractivity contribution is -0.00493. The Balaban J connectivity index is 1.69. The van der Waals surface area contributed by atoms with Crippen molar-refractivity contribution < 1.29 is 4.74 Å². The topological polar surface area (TPSA) is 9.23 Å². The quantitative estimate of drug-likeness (QED) is 0.752. The largest absolute Gasteiger partial charge is 0.373 e. The molecule has 14 heavy (non-hydrogen) atoms. The van der Waals surface area contributed by atoms with Crippen LogP contribution >= 0.6 is 11.8 Å². The second-order valence-corrected chi connectivity index (χ2v) is 4.89. The van der Waals surface area contributed by atoms with Gasteiger partial charge in [0, 0.05) is 5.25 Å². The zero-order chi connectivity index (χ0) is 9.80. The molecule has 0 unspecified atom stereocenters. The molecule has 76 valence electrons. The number of thioether (sulfide) groups is 1. The van der Waals surface area contributed by atoms with Crippen LogP contribution in [0.4, 0.5) is 0 Å². The molecule has 0 heterocycles. The van der Waals surface area contributed by atoms with Gasteiger partial charge in [-0.25, -0.2) is 0 Å². The molecule has 1 saturated carbocycles. The molecular formula is C12H16OS. The highest BCUT2D eigenvalue weighted by atomic mass is 32.2. The summed E-state index contributed by atoms with van der Waals surface area (Å²) in [6.07, 6.45) is 5.15. The van der Waals surface area contributed by atoms with Crippen LogP contribution in [0.3, 0.4) is 0 Å². The minimum Gasteiger partial charge on any atom is -0.373 e. The summed E-state index contributed by atoms with van der Waals surface area (Å²) in [7, 11) is 0. The maximum absolute atomic E-state index is 5.78. The van der Waals surface area contributed by atoms with E-state index < -0.39 is 0 Å². The molecule has 2 rings (SSSR count). The van der Waals surface area contributed by atoms with E-state index in [1.165, 1.54) is 18.4 Å². The molecule has 2 heteroatoms. The summed E-state index contributed by atoms with van der Waals surface area (Å²) in [4.78, 5) is 0. The van der Waals surface area contributed by atoms with Gasteiger partial charge < -0.3 is 4.74 Å². The van der Waals surface area contributed by atoms with Crippen LogP contribution in [0.1, 0.15) is 18.4 Å². The number of ether oxygens (including phenoxy) is 1. The fourth-order valence-electron chi connectivity index (χ4n) is 1.63. The zero-order valence-corrected chi connectivity index (χ0v) is 9.30. The van der Waals surface area contributed by atoms with Crippen molar-refractivity contribution in [2.75, 3.05) is 6.26 Å². The van der Waals surface area contributed by atoms with E-state index in [1.54, 1.807) is 0 Å². The Kier molecular flexibility index (Phi) is 3.49. The third kappa shape index (κ3) is 2.52. The summed E-state index contributed by atoms with van der Waals surface area (Å²) in [5.41, 5.74) is 1.28. The van der Waals surface area contributed by atoms with Crippen molar-refractivity contribution in [1.82, 2.24) is 0 Å². The third-order valence-corrected chi connectivity index (χ3v) is 3.76. The van der Waals surface area contributed by atoms with Gasteiger partial charge in [-0.15, -0.1) is 0 Å². The molecule has 1 nitrogen and oxygen atoms in total. The molecule has 0 bridgehead atoms. The second kappa shape index (κ2) is 4.85. The van der Waals surface area contributed by atoms with E-state index in [9.17, 15) is 0 Å². The molecule has 1 aliphatic rings. The van der Waals surface area contributed by atoms with Gasteiger partial charge in [-0.2, -0.15) is 11.8 Å². The van der Waals surface area contributed by atoms with Gasteiger partial charge in [0.2, 0.25) is 0 Å². The molecule has 0 N–H and O–H groups in total. The highest BCUT2D eigenvalue weighted by Gasteiger charge is 2.28. The maximum Gasteiger partial charge on any atom is 0.0720 e. The van der Waals surface area contributed by atoms with Crippen molar-refractivity contribution >= 4 is 11.8 Å². The van der Waals surface area contributed by atoms with E-state index >= 15 is 0 Å². The molecule has 1 fully saturated rings. The second-order valence-electron chi connectivity index (χ2n) is 3.75. The Bertz CT molecular complexity index is 267. The minimum atomic E-state index is 0.507. The summed E-state index contributed by atoms with van der Waals surface area (Å²) < 4.78 is 5.78. The Morgan fingerprint density at radius 1 is 1.29 bits per heavy atom. The third-order valence-electron chi connectivity index (χ3n) is 2.71. The first-order valence-corrected chi connectivity index (χ1v) is 6.35. The zero-order valence-electron chi connectivity index (χ0n) is 8.48. The monoisotopic (exact) mass is 208 g/mol. The lowest BCUT2D eigenvalue weighted by atomic mass is 9.95. The van der Waals surface area contributed by atoms with Gasteiger partial charge in [0.05, 0.1) is 12.7 Å². The molecular weight excluding hydrogens is 192 g/mol. The average molecular weight is 208 g/mol. The van der Waals surface area contributed by atoms with Crippen LogP contribution in [0.2, 0.25) is 0 Å². The summed E-state index contributed by atoms with van der Waals surface area (Å²) in [6, 6.07) is 10.4. The van der Waals surface area contributed by atoms with E-state index in [-0.39, 0.29) is 0 Å². The standard InChI is InChI=1S/C12H16OS/c1-14-12-7-11(8-12)13-9-10-5-3-2-4-6-10/h2-6,11-12H,7-9H2,1H3/t11-,12+. The molecule has 0 saturated heterocycles. The normalized spacial score (nSPS) is 25.8. The van der Waals surface area contributed by atoms with Gasteiger partial charge >= 0.3 is 0 Å². The van der Waals surface area contributed by atoms with Gasteiger partial charge in [0.25, 0.3) is 0 Å². The van der Waals surface area contributed by atoms with Crippen molar-refractivity contribution in [2.45, 2.75) is 30.8 Å². The number of rotatable bonds is 4. The van der Waals surface area contributed by atoms with E-state index in [0.717, 1.165) is 11.9 Å². The molecule has 0 aromatic heterocycles. The molecule has 1 aromatic carbocycles. The highest BCUT2D eigenvalue weighted by Crippen LogP contribution is 2.32. The van der Waals surface area contributed by atoms with Crippen molar-refractivity contribution in [3.63, 3.8) is 0 Å². The van der Waals surface area contributed by atoms with Gasteiger partial charge in [-0.05, 0) is 24.7 Å². The Labute approximate surface area is 89.9 Å². The van der Waals surface area contributed by atoms with Crippen molar-refractivity contribution in [3.8, 4) is 0 Å². The van der Waals surface area contributed by atoms with Crippen LogP contribution in [0.25, 0.3) is 0 Å². The Hall–Kier alpha value is -0.470. The van der Waals surface area contributed by atoms with E-state index in [0.29, 0.717) is 6.10 Å². The van der Waals surface area contributed by atoms with E-state index in [4.69, 9.17) is 4.74 Å². The Morgan fingerprint density at radius 2 is 2.00 bits per heavy atom. The first kappa shape index (κ1) is 10.1. The predicted octanol–water partition coefficient (Wildman–Crippen LogP) is 3.10. The average Bonchev–Trinajstić information content (AvgIpc) is 2.17. The lowest BCUT2D eigenvalue weighted by Crippen LogP contribution is -2.33. The van der Waals surface area contributed by atoms with Crippen LogP contribution in [0, 0.1) is 0 Å². The van der Waals surface area contributed by atoms with Crippen molar-refractivity contribution in [3.05, 3.63) is 35.9 Å². The highest BCUT2D eigenvalue weighted by molar-refractivity contribution is 7.99. The maximum atomic E-state index is 5.78. The van der Waals surface area contributed by atoms with Crippen molar-refractivity contribution in [1.29, 1.82) is 0 Å². The van der Waals surface area contributed by atoms with Crippen LogP contribution in [0.15, 0.2) is 30.3 Å². The van der Waals surface area contributed by atoms with Gasteiger partial charge in [-0.3, -0.25) is 0 Å². The van der Waals surface area contributed by atoms with Crippen LogP contribution < -0.4 is 0 Å². The summed E-state index contributed by atoms with van der Waals surface area (Å²) in [5, 5.41) is 0.843. The smallest absolute Gasteiger partial charge is 0.0720 e. The molecule has 0 spiro atoms. The van der Waals surface area contributed by atoms with E-state index in [1.807, 2.05) is 17.8 Å². The first-order valence-electron chi connectivity index (χ1n) is 5.07. The minimum absolute atomic E-state index is 0.507. The lowest BCUT2D eigenvalue weighted by Gasteiger charge is -2.33. The van der Waals surface area contributed by atoms with Gasteiger partial charge in [0.1, 0.15) is 0 Å². The number of hydrogen-bond donors (Lipinski definition) is 0. The fraction of sp³-hybridized carbons (Fsp3) is 0.500. The molecule has 0 atom stereocenters. The fourth-order valence-corrected chi connectivity index (χ4v) is 2.45. The van der Waals surface area contributed by atoms with Gasteiger partial charge in [-0.1, -0.05) is 30.3 Å².